The van der Waals surface area contributed by atoms with Gasteiger partial charge in [-0.05, 0) is 38.0 Å². The summed E-state index contributed by atoms with van der Waals surface area (Å²) in [5.41, 5.74) is 1.53. The predicted molar refractivity (Wildman–Crippen MR) is 98.6 cm³/mol. The maximum Gasteiger partial charge on any atom is 0.227 e. The lowest BCUT2D eigenvalue weighted by atomic mass is 10.0. The van der Waals surface area contributed by atoms with Crippen LogP contribution in [0.5, 0.6) is 0 Å². The molecule has 29 heavy (non-hydrogen) atoms. The van der Waals surface area contributed by atoms with Gasteiger partial charge in [0, 0.05) is 13.0 Å². The van der Waals surface area contributed by atoms with E-state index in [-0.39, 0.29) is 42.4 Å². The smallest absolute Gasteiger partial charge is 0.227 e. The number of amides is 2. The van der Waals surface area contributed by atoms with E-state index in [2.05, 4.69) is 5.10 Å². The van der Waals surface area contributed by atoms with Crippen LogP contribution in [-0.4, -0.2) is 39.1 Å². The van der Waals surface area contributed by atoms with E-state index in [4.69, 9.17) is 0 Å². The molecule has 2 aliphatic rings. The summed E-state index contributed by atoms with van der Waals surface area (Å²) in [6, 6.07) is 1.32. The van der Waals surface area contributed by atoms with Crippen molar-refractivity contribution in [2.45, 2.75) is 51.7 Å². The molecule has 154 valence electrons. The minimum Gasteiger partial charge on any atom is -0.332 e. The summed E-state index contributed by atoms with van der Waals surface area (Å²) in [6.07, 6.45) is 2.67. The Balaban J connectivity index is 1.60. The van der Waals surface area contributed by atoms with E-state index in [1.807, 2.05) is 18.5 Å². The Morgan fingerprint density at radius 1 is 1.17 bits per heavy atom. The maximum absolute atomic E-state index is 13.5. The fourth-order valence-electron chi connectivity index (χ4n) is 4.08. The standard InChI is InChI=1S/C20H21F3N4O2/c1-11-12(2)27-17(16(9-24-27)25-5-3-4-18(25)28)10-26(11)19(29)8-13-6-14(21)20(23)15(22)7-13/h6-7,9,11-12H,3-5,8,10H2,1-2H3/t11-,12-/m0/s1. The molecule has 0 spiro atoms. The lowest BCUT2D eigenvalue weighted by Gasteiger charge is -2.39. The van der Waals surface area contributed by atoms with Gasteiger partial charge in [0.15, 0.2) is 17.5 Å². The van der Waals surface area contributed by atoms with Crippen LogP contribution in [0.1, 0.15) is 44.0 Å². The first-order valence-electron chi connectivity index (χ1n) is 9.57. The normalized spacial score (nSPS) is 21.6. The summed E-state index contributed by atoms with van der Waals surface area (Å²) < 4.78 is 42.0. The highest BCUT2D eigenvalue weighted by Crippen LogP contribution is 2.34. The molecule has 0 aliphatic carbocycles. The number of halogens is 3. The molecule has 0 N–H and O–H groups in total. The van der Waals surface area contributed by atoms with Crippen LogP contribution in [0.3, 0.4) is 0 Å². The van der Waals surface area contributed by atoms with E-state index >= 15 is 0 Å². The van der Waals surface area contributed by atoms with Crippen LogP contribution in [0.4, 0.5) is 18.9 Å². The molecule has 2 amide bonds. The first-order chi connectivity index (χ1) is 13.8. The van der Waals surface area contributed by atoms with Crippen LogP contribution in [0.2, 0.25) is 0 Å². The lowest BCUT2D eigenvalue weighted by Crippen LogP contribution is -2.48. The van der Waals surface area contributed by atoms with E-state index in [0.29, 0.717) is 18.7 Å². The number of hydrogen-bond acceptors (Lipinski definition) is 3. The number of carbonyl (C=O) groups is 2. The van der Waals surface area contributed by atoms with Crippen molar-refractivity contribution in [1.82, 2.24) is 14.7 Å². The average Bonchev–Trinajstić information content (AvgIpc) is 3.28. The fourth-order valence-corrected chi connectivity index (χ4v) is 4.08. The molecule has 9 heteroatoms. The van der Waals surface area contributed by atoms with Gasteiger partial charge in [-0.25, -0.2) is 13.2 Å². The number of rotatable bonds is 3. The molecule has 1 saturated heterocycles. The number of fused-ring (bicyclic) bond motifs is 1. The van der Waals surface area contributed by atoms with Crippen LogP contribution in [0.15, 0.2) is 18.3 Å². The number of aromatic nitrogens is 2. The summed E-state index contributed by atoms with van der Waals surface area (Å²) in [4.78, 5) is 28.4. The third kappa shape index (κ3) is 3.28. The summed E-state index contributed by atoms with van der Waals surface area (Å²) in [5, 5.41) is 4.42. The molecule has 0 unspecified atom stereocenters. The van der Waals surface area contributed by atoms with Crippen molar-refractivity contribution in [2.24, 2.45) is 0 Å². The van der Waals surface area contributed by atoms with Crippen molar-refractivity contribution in [3.8, 4) is 0 Å². The van der Waals surface area contributed by atoms with Crippen LogP contribution >= 0.6 is 0 Å². The number of hydrogen-bond donors (Lipinski definition) is 0. The van der Waals surface area contributed by atoms with Gasteiger partial charge in [-0.2, -0.15) is 5.10 Å². The third-order valence-electron chi connectivity index (χ3n) is 5.86. The van der Waals surface area contributed by atoms with Crippen molar-refractivity contribution in [2.75, 3.05) is 11.4 Å². The van der Waals surface area contributed by atoms with Gasteiger partial charge in [0.05, 0.1) is 42.6 Å². The zero-order valence-electron chi connectivity index (χ0n) is 16.2. The van der Waals surface area contributed by atoms with Crippen LogP contribution < -0.4 is 4.90 Å². The molecule has 2 aliphatic heterocycles. The van der Waals surface area contributed by atoms with Gasteiger partial charge >= 0.3 is 0 Å². The van der Waals surface area contributed by atoms with Gasteiger partial charge in [-0.15, -0.1) is 0 Å². The highest BCUT2D eigenvalue weighted by atomic mass is 19.2. The summed E-state index contributed by atoms with van der Waals surface area (Å²) >= 11 is 0. The zero-order valence-corrected chi connectivity index (χ0v) is 16.2. The molecule has 2 aromatic rings. The Hall–Kier alpha value is -2.84. The number of benzene rings is 1. The van der Waals surface area contributed by atoms with Crippen LogP contribution in [0.25, 0.3) is 0 Å². The third-order valence-corrected chi connectivity index (χ3v) is 5.86. The maximum atomic E-state index is 13.5. The highest BCUT2D eigenvalue weighted by Gasteiger charge is 2.36. The predicted octanol–water partition coefficient (Wildman–Crippen LogP) is 2.96. The molecule has 2 atom stereocenters. The minimum absolute atomic E-state index is 0.0298. The summed E-state index contributed by atoms with van der Waals surface area (Å²) in [6.45, 7) is 4.65. The van der Waals surface area contributed by atoms with Gasteiger partial charge in [-0.1, -0.05) is 0 Å². The second-order valence-corrected chi connectivity index (χ2v) is 7.62. The molecule has 4 rings (SSSR count). The second-order valence-electron chi connectivity index (χ2n) is 7.62. The van der Waals surface area contributed by atoms with Gasteiger partial charge in [0.1, 0.15) is 0 Å². The van der Waals surface area contributed by atoms with Crippen molar-refractivity contribution >= 4 is 17.5 Å². The van der Waals surface area contributed by atoms with Gasteiger partial charge in [0.2, 0.25) is 11.8 Å². The van der Waals surface area contributed by atoms with E-state index in [1.165, 1.54) is 0 Å². The van der Waals surface area contributed by atoms with E-state index in [9.17, 15) is 22.8 Å². The topological polar surface area (TPSA) is 58.4 Å². The molecule has 0 bridgehead atoms. The molecule has 1 aromatic carbocycles. The molecular weight excluding hydrogens is 385 g/mol. The quantitative estimate of drug-likeness (QED) is 0.737. The van der Waals surface area contributed by atoms with Crippen molar-refractivity contribution in [3.63, 3.8) is 0 Å². The lowest BCUT2D eigenvalue weighted by molar-refractivity contribution is -0.135. The molecule has 3 heterocycles. The Morgan fingerprint density at radius 3 is 2.48 bits per heavy atom. The fraction of sp³-hybridized carbons (Fsp3) is 0.450. The highest BCUT2D eigenvalue weighted by molar-refractivity contribution is 5.95. The summed E-state index contributed by atoms with van der Waals surface area (Å²) in [7, 11) is 0. The number of carbonyl (C=O) groups excluding carboxylic acids is 2. The first-order valence-corrected chi connectivity index (χ1v) is 9.57. The minimum atomic E-state index is -1.55. The largest absolute Gasteiger partial charge is 0.332 e. The van der Waals surface area contributed by atoms with Gasteiger partial charge < -0.3 is 9.80 Å². The molecular formula is C20H21F3N4O2. The Morgan fingerprint density at radius 2 is 1.86 bits per heavy atom. The van der Waals surface area contributed by atoms with Crippen LogP contribution in [-0.2, 0) is 22.6 Å². The van der Waals surface area contributed by atoms with Gasteiger partial charge in [-0.3, -0.25) is 14.3 Å². The van der Waals surface area contributed by atoms with E-state index < -0.39 is 17.5 Å². The van der Waals surface area contributed by atoms with Crippen molar-refractivity contribution in [1.29, 1.82) is 0 Å². The van der Waals surface area contributed by atoms with Crippen molar-refractivity contribution < 1.29 is 22.8 Å². The Bertz CT molecular complexity index is 967. The Labute approximate surface area is 165 Å². The molecule has 1 aromatic heterocycles. The second kappa shape index (κ2) is 7.20. The Kier molecular flexibility index (Phi) is 4.84. The number of nitrogens with zero attached hydrogens (tertiary/aromatic N) is 4. The van der Waals surface area contributed by atoms with Crippen LogP contribution in [0, 0.1) is 17.5 Å². The SMILES string of the molecule is C[C@H]1[C@H](C)n2ncc(N3CCCC3=O)c2CN1C(=O)Cc1cc(F)c(F)c(F)c1. The molecule has 1 fully saturated rings. The van der Waals surface area contributed by atoms with Gasteiger partial charge in [0.25, 0.3) is 0 Å². The molecule has 6 nitrogen and oxygen atoms in total. The zero-order chi connectivity index (χ0) is 20.9. The first kappa shape index (κ1) is 19.5. The van der Waals surface area contributed by atoms with E-state index in [0.717, 1.165) is 24.2 Å². The summed E-state index contributed by atoms with van der Waals surface area (Å²) in [5.74, 6) is -4.49. The van der Waals surface area contributed by atoms with Crippen molar-refractivity contribution in [3.05, 3.63) is 47.0 Å². The molecule has 0 saturated carbocycles. The van der Waals surface area contributed by atoms with E-state index in [1.54, 1.807) is 16.0 Å². The average molecular weight is 406 g/mol. The monoisotopic (exact) mass is 406 g/mol. The number of anilines is 1. The molecule has 0 radical (unpaired) electrons.